The molecule has 1 unspecified atom stereocenters. The summed E-state index contributed by atoms with van der Waals surface area (Å²) in [5, 5.41) is 1.80. The molecule has 90 valence electrons. The zero-order chi connectivity index (χ0) is 12.4. The molecule has 4 heteroatoms. The molecule has 0 saturated heterocycles. The second-order valence-corrected chi connectivity index (χ2v) is 4.85. The molecule has 0 N–H and O–H groups in total. The van der Waals surface area contributed by atoms with Crippen molar-refractivity contribution in [3.63, 3.8) is 0 Å². The average molecular weight is 269 g/mol. The molecule has 17 heavy (non-hydrogen) atoms. The van der Waals surface area contributed by atoms with Crippen molar-refractivity contribution in [3.8, 4) is 0 Å². The van der Waals surface area contributed by atoms with E-state index in [-0.39, 0.29) is 6.04 Å². The number of anilines is 1. The minimum atomic E-state index is 0.276. The van der Waals surface area contributed by atoms with Crippen LogP contribution in [0.3, 0.4) is 0 Å². The molecule has 2 rings (SSSR count). The smallest absolute Gasteiger partial charge is 0.0737 e. The quantitative estimate of drug-likeness (QED) is 0.784. The number of benzene rings is 1. The highest BCUT2D eigenvalue weighted by molar-refractivity contribution is 6.31. The van der Waals surface area contributed by atoms with Crippen molar-refractivity contribution >= 4 is 39.8 Å². The summed E-state index contributed by atoms with van der Waals surface area (Å²) < 4.78 is 0. The van der Waals surface area contributed by atoms with Gasteiger partial charge in [0.2, 0.25) is 0 Å². The van der Waals surface area contributed by atoms with Crippen molar-refractivity contribution in [2.45, 2.75) is 13.0 Å². The Hall–Kier alpha value is -0.990. The third-order valence-electron chi connectivity index (χ3n) is 2.95. The number of rotatable bonds is 3. The molecule has 1 heterocycles. The van der Waals surface area contributed by atoms with Crippen LogP contribution >= 0.6 is 23.2 Å². The zero-order valence-corrected chi connectivity index (χ0v) is 11.3. The van der Waals surface area contributed by atoms with Gasteiger partial charge >= 0.3 is 0 Å². The number of fused-ring (bicyclic) bond motifs is 1. The molecule has 1 aromatic carbocycles. The summed E-state index contributed by atoms with van der Waals surface area (Å²) in [6, 6.07) is 8.03. The zero-order valence-electron chi connectivity index (χ0n) is 9.82. The molecule has 0 aliphatic rings. The van der Waals surface area contributed by atoms with Crippen LogP contribution in [0.2, 0.25) is 5.02 Å². The molecule has 0 saturated carbocycles. The lowest BCUT2D eigenvalue weighted by molar-refractivity contribution is 0.763. The van der Waals surface area contributed by atoms with Gasteiger partial charge in [-0.2, -0.15) is 0 Å². The van der Waals surface area contributed by atoms with Crippen LogP contribution in [0.25, 0.3) is 10.9 Å². The van der Waals surface area contributed by atoms with Crippen molar-refractivity contribution in [1.29, 1.82) is 0 Å². The summed E-state index contributed by atoms with van der Waals surface area (Å²) >= 11 is 11.9. The maximum Gasteiger partial charge on any atom is 0.0737 e. The van der Waals surface area contributed by atoms with Gasteiger partial charge in [0.05, 0.1) is 5.52 Å². The fraction of sp³-hybridized carbons (Fsp3) is 0.308. The Morgan fingerprint density at radius 3 is 2.82 bits per heavy atom. The fourth-order valence-corrected chi connectivity index (χ4v) is 2.13. The van der Waals surface area contributed by atoms with Gasteiger partial charge in [-0.05, 0) is 31.2 Å². The lowest BCUT2D eigenvalue weighted by Crippen LogP contribution is -2.30. The number of halogens is 2. The van der Waals surface area contributed by atoms with E-state index in [9.17, 15) is 0 Å². The Morgan fingerprint density at radius 2 is 2.12 bits per heavy atom. The van der Waals surface area contributed by atoms with E-state index in [4.69, 9.17) is 23.2 Å². The molecule has 0 amide bonds. The number of hydrogen-bond acceptors (Lipinski definition) is 2. The largest absolute Gasteiger partial charge is 0.370 e. The van der Waals surface area contributed by atoms with Crippen molar-refractivity contribution in [3.05, 3.63) is 35.5 Å². The van der Waals surface area contributed by atoms with E-state index in [0.29, 0.717) is 10.9 Å². The second-order valence-electron chi connectivity index (χ2n) is 4.11. The topological polar surface area (TPSA) is 16.1 Å². The Kier molecular flexibility index (Phi) is 3.75. The van der Waals surface area contributed by atoms with Gasteiger partial charge in [-0.3, -0.25) is 4.98 Å². The van der Waals surface area contributed by atoms with Crippen LogP contribution in [0.1, 0.15) is 6.92 Å². The Bertz CT molecular complexity index is 528. The van der Waals surface area contributed by atoms with Crippen molar-refractivity contribution < 1.29 is 0 Å². The predicted octanol–water partition coefficient (Wildman–Crippen LogP) is 3.95. The molecule has 0 fully saturated rings. The first kappa shape index (κ1) is 12.5. The lowest BCUT2D eigenvalue weighted by Gasteiger charge is -2.26. The summed E-state index contributed by atoms with van der Waals surface area (Å²) in [7, 11) is 2.04. The molecule has 0 aliphatic carbocycles. The molecule has 0 spiro atoms. The van der Waals surface area contributed by atoms with Gasteiger partial charge in [-0.1, -0.05) is 11.6 Å². The molecular formula is C13H14Cl2N2. The van der Waals surface area contributed by atoms with E-state index < -0.39 is 0 Å². The van der Waals surface area contributed by atoms with Gasteiger partial charge in [0.25, 0.3) is 0 Å². The lowest BCUT2D eigenvalue weighted by atomic mass is 10.1. The minimum absolute atomic E-state index is 0.276. The molecule has 0 aliphatic heterocycles. The third kappa shape index (κ3) is 2.48. The molecule has 0 bridgehead atoms. The fourth-order valence-electron chi connectivity index (χ4n) is 1.75. The van der Waals surface area contributed by atoms with Gasteiger partial charge in [0.15, 0.2) is 0 Å². The summed E-state index contributed by atoms with van der Waals surface area (Å²) in [5.74, 6) is 0.591. The maximum absolute atomic E-state index is 5.97. The minimum Gasteiger partial charge on any atom is -0.370 e. The average Bonchev–Trinajstić information content (AvgIpc) is 2.35. The number of hydrogen-bond donors (Lipinski definition) is 0. The van der Waals surface area contributed by atoms with Crippen LogP contribution in [0.4, 0.5) is 5.69 Å². The highest BCUT2D eigenvalue weighted by Crippen LogP contribution is 2.27. The van der Waals surface area contributed by atoms with Crippen LogP contribution < -0.4 is 4.90 Å². The number of nitrogens with zero attached hydrogens (tertiary/aromatic N) is 2. The summed E-state index contributed by atoms with van der Waals surface area (Å²) in [4.78, 5) is 6.48. The van der Waals surface area contributed by atoms with Crippen molar-refractivity contribution in [2.75, 3.05) is 17.8 Å². The van der Waals surface area contributed by atoms with E-state index >= 15 is 0 Å². The van der Waals surface area contributed by atoms with Crippen LogP contribution in [-0.4, -0.2) is 24.0 Å². The molecule has 1 aromatic heterocycles. The first-order chi connectivity index (χ1) is 8.13. The Morgan fingerprint density at radius 1 is 1.35 bits per heavy atom. The molecule has 1 atom stereocenters. The standard InChI is InChI=1S/C13H14Cl2N2/c1-9(8-14)17(2)13-5-6-16-12-7-10(15)3-4-11(12)13/h3-7,9H,8H2,1-2H3. The molecule has 2 nitrogen and oxygen atoms in total. The van der Waals surface area contributed by atoms with E-state index in [1.54, 1.807) is 6.20 Å². The van der Waals surface area contributed by atoms with Gasteiger partial charge in [0, 0.05) is 41.3 Å². The van der Waals surface area contributed by atoms with E-state index in [2.05, 4.69) is 16.8 Å². The predicted molar refractivity (Wildman–Crippen MR) is 75.3 cm³/mol. The van der Waals surface area contributed by atoms with Crippen LogP contribution in [0.5, 0.6) is 0 Å². The monoisotopic (exact) mass is 268 g/mol. The van der Waals surface area contributed by atoms with Crippen LogP contribution in [0.15, 0.2) is 30.5 Å². The normalized spacial score (nSPS) is 12.7. The van der Waals surface area contributed by atoms with Crippen LogP contribution in [0, 0.1) is 0 Å². The van der Waals surface area contributed by atoms with Gasteiger partial charge in [-0.15, -0.1) is 11.6 Å². The number of aromatic nitrogens is 1. The molecule has 2 aromatic rings. The summed E-state index contributed by atoms with van der Waals surface area (Å²) in [6.45, 7) is 2.09. The van der Waals surface area contributed by atoms with Gasteiger partial charge in [0.1, 0.15) is 0 Å². The molecular weight excluding hydrogens is 255 g/mol. The van der Waals surface area contributed by atoms with Gasteiger partial charge in [-0.25, -0.2) is 0 Å². The van der Waals surface area contributed by atoms with Crippen LogP contribution in [-0.2, 0) is 0 Å². The third-order valence-corrected chi connectivity index (χ3v) is 3.63. The maximum atomic E-state index is 5.97. The number of alkyl halides is 1. The van der Waals surface area contributed by atoms with E-state index in [0.717, 1.165) is 16.6 Å². The Labute approximate surface area is 111 Å². The molecule has 0 radical (unpaired) electrons. The first-order valence-electron chi connectivity index (χ1n) is 5.46. The second kappa shape index (κ2) is 5.11. The highest BCUT2D eigenvalue weighted by Gasteiger charge is 2.12. The highest BCUT2D eigenvalue weighted by atomic mass is 35.5. The van der Waals surface area contributed by atoms with Crippen molar-refractivity contribution in [1.82, 2.24) is 4.98 Å². The number of pyridine rings is 1. The summed E-state index contributed by atoms with van der Waals surface area (Å²) in [6.07, 6.45) is 1.80. The first-order valence-corrected chi connectivity index (χ1v) is 6.38. The van der Waals surface area contributed by atoms with Crippen molar-refractivity contribution in [2.24, 2.45) is 0 Å². The van der Waals surface area contributed by atoms with E-state index in [1.165, 1.54) is 0 Å². The SMILES string of the molecule is CC(CCl)N(C)c1ccnc2cc(Cl)ccc12. The Balaban J connectivity index is 2.54. The van der Waals surface area contributed by atoms with E-state index in [1.807, 2.05) is 31.3 Å². The van der Waals surface area contributed by atoms with Gasteiger partial charge < -0.3 is 4.90 Å². The summed E-state index contributed by atoms with van der Waals surface area (Å²) in [5.41, 5.74) is 2.03.